The SMILES string of the molecule is Cc1ccc(Cl)cc1C(CN)C(=O)O. The molecule has 0 radical (unpaired) electrons. The number of hydrogen-bond donors (Lipinski definition) is 2. The van der Waals surface area contributed by atoms with Crippen LogP contribution in [0.15, 0.2) is 18.2 Å². The minimum atomic E-state index is -0.919. The van der Waals surface area contributed by atoms with Gasteiger partial charge in [-0.2, -0.15) is 0 Å². The smallest absolute Gasteiger partial charge is 0.312 e. The van der Waals surface area contributed by atoms with E-state index < -0.39 is 11.9 Å². The van der Waals surface area contributed by atoms with Crippen molar-refractivity contribution in [2.45, 2.75) is 12.8 Å². The van der Waals surface area contributed by atoms with Crippen LogP contribution < -0.4 is 5.73 Å². The van der Waals surface area contributed by atoms with Crippen LogP contribution in [-0.2, 0) is 4.79 Å². The van der Waals surface area contributed by atoms with Crippen molar-refractivity contribution in [3.8, 4) is 0 Å². The summed E-state index contributed by atoms with van der Waals surface area (Å²) in [6, 6.07) is 5.18. The molecule has 0 bridgehead atoms. The minimum Gasteiger partial charge on any atom is -0.481 e. The molecule has 1 aromatic rings. The number of carbonyl (C=O) groups is 1. The number of hydrogen-bond acceptors (Lipinski definition) is 2. The maximum atomic E-state index is 10.9. The Morgan fingerprint density at radius 3 is 2.79 bits per heavy atom. The van der Waals surface area contributed by atoms with Gasteiger partial charge in [0.15, 0.2) is 0 Å². The van der Waals surface area contributed by atoms with Gasteiger partial charge in [-0.3, -0.25) is 4.79 Å². The molecular formula is C10H12ClNO2. The van der Waals surface area contributed by atoms with Gasteiger partial charge in [-0.15, -0.1) is 0 Å². The molecule has 0 spiro atoms. The molecule has 1 unspecified atom stereocenters. The molecule has 0 fully saturated rings. The molecule has 3 N–H and O–H groups in total. The van der Waals surface area contributed by atoms with Gasteiger partial charge in [-0.1, -0.05) is 17.7 Å². The molecule has 1 atom stereocenters. The Morgan fingerprint density at radius 2 is 2.29 bits per heavy atom. The van der Waals surface area contributed by atoms with Crippen LogP contribution in [0.5, 0.6) is 0 Å². The molecule has 0 heterocycles. The zero-order valence-electron chi connectivity index (χ0n) is 7.83. The van der Waals surface area contributed by atoms with Crippen molar-refractivity contribution in [2.75, 3.05) is 6.54 Å². The van der Waals surface area contributed by atoms with Crippen molar-refractivity contribution in [3.05, 3.63) is 34.3 Å². The topological polar surface area (TPSA) is 63.3 Å². The predicted octanol–water partition coefficient (Wildman–Crippen LogP) is 1.78. The maximum Gasteiger partial charge on any atom is 0.312 e. The Hall–Kier alpha value is -1.06. The third kappa shape index (κ3) is 2.25. The number of carboxylic acids is 1. The molecule has 0 saturated carbocycles. The second-order valence-corrected chi connectivity index (χ2v) is 3.56. The first kappa shape index (κ1) is 11.0. The molecule has 1 rings (SSSR count). The van der Waals surface area contributed by atoms with Crippen LogP contribution >= 0.6 is 11.6 Å². The number of benzene rings is 1. The van der Waals surface area contributed by atoms with E-state index in [9.17, 15) is 4.79 Å². The van der Waals surface area contributed by atoms with Crippen molar-refractivity contribution in [1.29, 1.82) is 0 Å². The molecule has 0 amide bonds. The highest BCUT2D eigenvalue weighted by molar-refractivity contribution is 6.30. The van der Waals surface area contributed by atoms with Gasteiger partial charge in [0.25, 0.3) is 0 Å². The highest BCUT2D eigenvalue weighted by Crippen LogP contribution is 2.23. The van der Waals surface area contributed by atoms with Gasteiger partial charge in [-0.25, -0.2) is 0 Å². The Morgan fingerprint density at radius 1 is 1.64 bits per heavy atom. The number of nitrogens with two attached hydrogens (primary N) is 1. The summed E-state index contributed by atoms with van der Waals surface area (Å²) in [4.78, 5) is 10.9. The standard InChI is InChI=1S/C10H12ClNO2/c1-6-2-3-7(11)4-8(6)9(5-12)10(13)14/h2-4,9H,5,12H2,1H3,(H,13,14). The average Bonchev–Trinajstić information content (AvgIpc) is 2.11. The van der Waals surface area contributed by atoms with Gasteiger partial charge in [0, 0.05) is 11.6 Å². The van der Waals surface area contributed by atoms with Gasteiger partial charge in [0.2, 0.25) is 0 Å². The van der Waals surface area contributed by atoms with Crippen LogP contribution in [0.3, 0.4) is 0 Å². The molecule has 0 saturated heterocycles. The van der Waals surface area contributed by atoms with E-state index in [0.29, 0.717) is 10.6 Å². The van der Waals surface area contributed by atoms with Crippen molar-refractivity contribution < 1.29 is 9.90 Å². The van der Waals surface area contributed by atoms with E-state index in [2.05, 4.69) is 0 Å². The average molecular weight is 214 g/mol. The molecule has 0 aliphatic rings. The van der Waals surface area contributed by atoms with E-state index in [1.54, 1.807) is 18.2 Å². The summed E-state index contributed by atoms with van der Waals surface area (Å²) in [6.45, 7) is 1.92. The fourth-order valence-electron chi connectivity index (χ4n) is 1.35. The Labute approximate surface area is 87.5 Å². The van der Waals surface area contributed by atoms with Crippen molar-refractivity contribution in [1.82, 2.24) is 0 Å². The van der Waals surface area contributed by atoms with Crippen LogP contribution in [0.2, 0.25) is 5.02 Å². The first-order valence-electron chi connectivity index (χ1n) is 4.25. The number of carboxylic acid groups (broad SMARTS) is 1. The van der Waals surface area contributed by atoms with Crippen LogP contribution in [0.1, 0.15) is 17.0 Å². The predicted molar refractivity (Wildman–Crippen MR) is 55.6 cm³/mol. The Kier molecular flexibility index (Phi) is 3.49. The van der Waals surface area contributed by atoms with Gasteiger partial charge < -0.3 is 10.8 Å². The van der Waals surface area contributed by atoms with Gasteiger partial charge >= 0.3 is 5.97 Å². The normalized spacial score (nSPS) is 12.5. The molecule has 1 aromatic carbocycles. The molecule has 0 aromatic heterocycles. The molecule has 0 aliphatic heterocycles. The second kappa shape index (κ2) is 4.44. The summed E-state index contributed by atoms with van der Waals surface area (Å²) in [5, 5.41) is 9.45. The van der Waals surface area contributed by atoms with Crippen LogP contribution in [-0.4, -0.2) is 17.6 Å². The van der Waals surface area contributed by atoms with E-state index in [1.807, 2.05) is 6.92 Å². The Bertz CT molecular complexity index is 352. The second-order valence-electron chi connectivity index (χ2n) is 3.13. The monoisotopic (exact) mass is 213 g/mol. The summed E-state index contributed by atoms with van der Waals surface area (Å²) >= 11 is 5.79. The zero-order valence-corrected chi connectivity index (χ0v) is 8.58. The number of aliphatic carboxylic acids is 1. The summed E-state index contributed by atoms with van der Waals surface area (Å²) < 4.78 is 0. The van der Waals surface area contributed by atoms with E-state index in [1.165, 1.54) is 0 Å². The highest BCUT2D eigenvalue weighted by atomic mass is 35.5. The van der Waals surface area contributed by atoms with Gasteiger partial charge in [-0.05, 0) is 30.2 Å². The maximum absolute atomic E-state index is 10.9. The van der Waals surface area contributed by atoms with Gasteiger partial charge in [0.05, 0.1) is 5.92 Å². The number of halogens is 1. The Balaban J connectivity index is 3.15. The number of aryl methyl sites for hydroxylation is 1. The third-order valence-electron chi connectivity index (χ3n) is 2.15. The van der Waals surface area contributed by atoms with Crippen LogP contribution in [0, 0.1) is 6.92 Å². The van der Waals surface area contributed by atoms with E-state index >= 15 is 0 Å². The molecule has 3 nitrogen and oxygen atoms in total. The van der Waals surface area contributed by atoms with Crippen molar-refractivity contribution >= 4 is 17.6 Å². The molecule has 0 aliphatic carbocycles. The lowest BCUT2D eigenvalue weighted by molar-refractivity contribution is -0.138. The van der Waals surface area contributed by atoms with Crippen molar-refractivity contribution in [3.63, 3.8) is 0 Å². The molecule has 76 valence electrons. The summed E-state index contributed by atoms with van der Waals surface area (Å²) in [5.41, 5.74) is 6.98. The van der Waals surface area contributed by atoms with E-state index in [4.69, 9.17) is 22.4 Å². The largest absolute Gasteiger partial charge is 0.481 e. The fraction of sp³-hybridized carbons (Fsp3) is 0.300. The quantitative estimate of drug-likeness (QED) is 0.805. The first-order chi connectivity index (χ1) is 6.56. The summed E-state index contributed by atoms with van der Waals surface area (Å²) in [5.74, 6) is -1.59. The van der Waals surface area contributed by atoms with Crippen LogP contribution in [0.25, 0.3) is 0 Å². The minimum absolute atomic E-state index is 0.0799. The molecular weight excluding hydrogens is 202 g/mol. The van der Waals surface area contributed by atoms with Crippen molar-refractivity contribution in [2.24, 2.45) is 5.73 Å². The zero-order chi connectivity index (χ0) is 10.7. The summed E-state index contributed by atoms with van der Waals surface area (Å²) in [7, 11) is 0. The van der Waals surface area contributed by atoms with Gasteiger partial charge in [0.1, 0.15) is 0 Å². The van der Waals surface area contributed by atoms with E-state index in [-0.39, 0.29) is 6.54 Å². The van der Waals surface area contributed by atoms with Crippen LogP contribution in [0.4, 0.5) is 0 Å². The molecule has 4 heteroatoms. The summed E-state index contributed by atoms with van der Waals surface area (Å²) in [6.07, 6.45) is 0. The fourth-order valence-corrected chi connectivity index (χ4v) is 1.53. The lowest BCUT2D eigenvalue weighted by Gasteiger charge is -2.13. The first-order valence-corrected chi connectivity index (χ1v) is 4.63. The highest BCUT2D eigenvalue weighted by Gasteiger charge is 2.19. The third-order valence-corrected chi connectivity index (χ3v) is 2.39. The lowest BCUT2D eigenvalue weighted by Crippen LogP contribution is -2.21. The lowest BCUT2D eigenvalue weighted by atomic mass is 9.95. The number of rotatable bonds is 3. The molecule has 14 heavy (non-hydrogen) atoms. The van der Waals surface area contributed by atoms with E-state index in [0.717, 1.165) is 5.56 Å².